The van der Waals surface area contributed by atoms with Crippen molar-refractivity contribution >= 4 is 0 Å². The number of rotatable bonds is 0. The van der Waals surface area contributed by atoms with Crippen molar-refractivity contribution in [1.29, 1.82) is 0 Å². The minimum absolute atomic E-state index is 0.262. The van der Waals surface area contributed by atoms with Gasteiger partial charge >= 0.3 is 0 Å². The van der Waals surface area contributed by atoms with Gasteiger partial charge < -0.3 is 19.7 Å². The molecule has 0 aromatic carbocycles. The number of aliphatic hydroxyl groups is 2. The summed E-state index contributed by atoms with van der Waals surface area (Å²) in [6, 6.07) is 0. The van der Waals surface area contributed by atoms with Crippen molar-refractivity contribution in [2.45, 2.75) is 30.8 Å². The first-order chi connectivity index (χ1) is 5.14. The number of ether oxygens (including phenoxy) is 2. The third-order valence-corrected chi connectivity index (χ3v) is 2.57. The first kappa shape index (κ1) is 7.49. The number of hydrogen-bond acceptors (Lipinski definition) is 4. The maximum atomic E-state index is 9.42. The van der Waals surface area contributed by atoms with Gasteiger partial charge in [0.15, 0.2) is 0 Å². The van der Waals surface area contributed by atoms with Crippen LogP contribution in [0.3, 0.4) is 0 Å². The van der Waals surface area contributed by atoms with Crippen molar-refractivity contribution in [3.8, 4) is 0 Å². The summed E-state index contributed by atoms with van der Waals surface area (Å²) in [6.45, 7) is 2.29. The molecule has 4 atom stereocenters. The Labute approximate surface area is 64.7 Å². The molecule has 2 rings (SSSR count). The van der Waals surface area contributed by atoms with E-state index in [1.165, 1.54) is 0 Å². The summed E-state index contributed by atoms with van der Waals surface area (Å²) in [5.41, 5.74) is -0.681. The molecule has 11 heavy (non-hydrogen) atoms. The Balaban J connectivity index is 2.23. The van der Waals surface area contributed by atoms with Crippen LogP contribution in [0.1, 0.15) is 6.92 Å². The monoisotopic (exact) mass is 160 g/mol. The van der Waals surface area contributed by atoms with Gasteiger partial charge in [-0.2, -0.15) is 0 Å². The maximum absolute atomic E-state index is 9.42. The Bertz CT molecular complexity index is 172. The van der Waals surface area contributed by atoms with Crippen molar-refractivity contribution in [1.82, 2.24) is 0 Å². The molecule has 0 unspecified atom stereocenters. The van der Waals surface area contributed by atoms with Gasteiger partial charge in [0.25, 0.3) is 0 Å². The number of aliphatic hydroxyl groups excluding tert-OH is 2. The molecule has 64 valence electrons. The molecule has 2 saturated heterocycles. The molecule has 0 amide bonds. The van der Waals surface area contributed by atoms with Gasteiger partial charge in [0.2, 0.25) is 0 Å². The number of hydrogen-bond donors (Lipinski definition) is 2. The fraction of sp³-hybridized carbons (Fsp3) is 1.00. The first-order valence-electron chi connectivity index (χ1n) is 3.76. The van der Waals surface area contributed by atoms with Crippen molar-refractivity contribution in [2.75, 3.05) is 13.2 Å². The van der Waals surface area contributed by atoms with E-state index in [-0.39, 0.29) is 19.3 Å². The van der Waals surface area contributed by atoms with Crippen LogP contribution in [-0.4, -0.2) is 47.3 Å². The summed E-state index contributed by atoms with van der Waals surface area (Å²) in [4.78, 5) is 0. The van der Waals surface area contributed by atoms with E-state index in [0.717, 1.165) is 0 Å². The van der Waals surface area contributed by atoms with Gasteiger partial charge in [-0.15, -0.1) is 0 Å². The van der Waals surface area contributed by atoms with Gasteiger partial charge in [0, 0.05) is 0 Å². The van der Waals surface area contributed by atoms with Gasteiger partial charge in [-0.25, -0.2) is 0 Å². The van der Waals surface area contributed by atoms with E-state index in [9.17, 15) is 10.2 Å². The van der Waals surface area contributed by atoms with Crippen LogP contribution >= 0.6 is 0 Å². The summed E-state index contributed by atoms with van der Waals surface area (Å²) < 4.78 is 10.4. The van der Waals surface area contributed by atoms with Crippen LogP contribution in [0, 0.1) is 0 Å². The molecule has 0 saturated carbocycles. The van der Waals surface area contributed by atoms with Crippen molar-refractivity contribution in [2.24, 2.45) is 0 Å². The molecule has 0 aromatic rings. The van der Waals surface area contributed by atoms with Crippen LogP contribution in [0.5, 0.6) is 0 Å². The molecule has 2 heterocycles. The lowest BCUT2D eigenvalue weighted by molar-refractivity contribution is -0.0621. The summed E-state index contributed by atoms with van der Waals surface area (Å²) in [5.74, 6) is 0. The lowest BCUT2D eigenvalue weighted by atomic mass is 9.95. The zero-order valence-corrected chi connectivity index (χ0v) is 6.36. The minimum Gasteiger partial charge on any atom is -0.388 e. The molecule has 0 aromatic heterocycles. The topological polar surface area (TPSA) is 58.9 Å². The third-order valence-electron chi connectivity index (χ3n) is 2.57. The number of fused-ring (bicyclic) bond motifs is 1. The van der Waals surface area contributed by atoms with E-state index in [1.807, 2.05) is 0 Å². The average molecular weight is 160 g/mol. The molecular formula is C7H12O4. The Kier molecular flexibility index (Phi) is 1.47. The molecule has 2 aliphatic rings. The smallest absolute Gasteiger partial charge is 0.122 e. The fourth-order valence-electron chi connectivity index (χ4n) is 1.74. The molecule has 2 fully saturated rings. The van der Waals surface area contributed by atoms with Crippen LogP contribution < -0.4 is 0 Å². The molecule has 4 nitrogen and oxygen atoms in total. The van der Waals surface area contributed by atoms with Crippen molar-refractivity contribution in [3.05, 3.63) is 0 Å². The minimum atomic E-state index is -0.681. The average Bonchev–Trinajstić information content (AvgIpc) is 2.39. The summed E-state index contributed by atoms with van der Waals surface area (Å²) in [7, 11) is 0. The highest BCUT2D eigenvalue weighted by Gasteiger charge is 2.56. The molecule has 2 aliphatic heterocycles. The highest BCUT2D eigenvalue weighted by molar-refractivity contribution is 5.04. The normalized spacial score (nSPS) is 56.5. The fourth-order valence-corrected chi connectivity index (χ4v) is 1.74. The second-order valence-corrected chi connectivity index (χ2v) is 3.33. The van der Waals surface area contributed by atoms with Crippen LogP contribution in [0.2, 0.25) is 0 Å². The van der Waals surface area contributed by atoms with Crippen LogP contribution in [-0.2, 0) is 9.47 Å². The van der Waals surface area contributed by atoms with Gasteiger partial charge in [-0.05, 0) is 6.92 Å². The highest BCUT2D eigenvalue weighted by atomic mass is 16.6. The van der Waals surface area contributed by atoms with Gasteiger partial charge in [0.05, 0.1) is 13.2 Å². The largest absolute Gasteiger partial charge is 0.388 e. The lowest BCUT2D eigenvalue weighted by Crippen LogP contribution is -2.43. The predicted octanol–water partition coefficient (Wildman–Crippen LogP) is -1.10. The third kappa shape index (κ3) is 0.840. The Morgan fingerprint density at radius 1 is 1.36 bits per heavy atom. The summed E-state index contributed by atoms with van der Waals surface area (Å²) in [6.07, 6.45) is -1.54. The molecule has 0 radical (unpaired) electrons. The molecule has 2 N–H and O–H groups in total. The van der Waals surface area contributed by atoms with Crippen LogP contribution in [0.25, 0.3) is 0 Å². The second kappa shape index (κ2) is 2.17. The molecule has 4 heteroatoms. The molecule has 0 bridgehead atoms. The van der Waals surface area contributed by atoms with E-state index >= 15 is 0 Å². The van der Waals surface area contributed by atoms with Crippen LogP contribution in [0.4, 0.5) is 0 Å². The lowest BCUT2D eigenvalue weighted by Gasteiger charge is -2.24. The highest BCUT2D eigenvalue weighted by Crippen LogP contribution is 2.36. The Hall–Kier alpha value is -0.160. The predicted molar refractivity (Wildman–Crippen MR) is 36.1 cm³/mol. The van der Waals surface area contributed by atoms with Gasteiger partial charge in [-0.3, -0.25) is 0 Å². The SMILES string of the molecule is C[C@@]12OC[C@@H](O)[C@@H]1OC[C@H]2O. The standard InChI is InChI=1S/C7H12O4/c1-7-5(9)3-10-6(7)4(8)2-11-7/h4-6,8-9H,2-3H2,1H3/t4-,5-,6+,7+/m1/s1. The Morgan fingerprint density at radius 3 is 2.73 bits per heavy atom. The van der Waals surface area contributed by atoms with E-state index in [4.69, 9.17) is 9.47 Å². The molecule has 0 spiro atoms. The maximum Gasteiger partial charge on any atom is 0.122 e. The molecule has 0 aliphatic carbocycles. The van der Waals surface area contributed by atoms with E-state index in [1.54, 1.807) is 6.92 Å². The zero-order chi connectivity index (χ0) is 8.06. The van der Waals surface area contributed by atoms with E-state index in [0.29, 0.717) is 0 Å². The zero-order valence-electron chi connectivity index (χ0n) is 6.36. The van der Waals surface area contributed by atoms with Gasteiger partial charge in [-0.1, -0.05) is 0 Å². The van der Waals surface area contributed by atoms with Crippen molar-refractivity contribution < 1.29 is 19.7 Å². The quantitative estimate of drug-likeness (QED) is 0.472. The Morgan fingerprint density at radius 2 is 2.09 bits per heavy atom. The first-order valence-corrected chi connectivity index (χ1v) is 3.76. The summed E-state index contributed by atoms with van der Waals surface area (Å²) >= 11 is 0. The van der Waals surface area contributed by atoms with Gasteiger partial charge in [0.1, 0.15) is 23.9 Å². The summed E-state index contributed by atoms with van der Waals surface area (Å²) in [5, 5.41) is 18.7. The van der Waals surface area contributed by atoms with Crippen molar-refractivity contribution in [3.63, 3.8) is 0 Å². The van der Waals surface area contributed by atoms with E-state index < -0.39 is 17.8 Å². The van der Waals surface area contributed by atoms with Crippen LogP contribution in [0.15, 0.2) is 0 Å². The van der Waals surface area contributed by atoms with E-state index in [2.05, 4.69) is 0 Å². The second-order valence-electron chi connectivity index (χ2n) is 3.33. The molecular weight excluding hydrogens is 148 g/mol.